The summed E-state index contributed by atoms with van der Waals surface area (Å²) >= 11 is 0. The number of benzene rings is 1. The van der Waals surface area contributed by atoms with Gasteiger partial charge in [-0.25, -0.2) is 4.39 Å². The Kier molecular flexibility index (Phi) is 2.30. The van der Waals surface area contributed by atoms with E-state index in [1.807, 2.05) is 0 Å². The maximum atomic E-state index is 14.2. The summed E-state index contributed by atoms with van der Waals surface area (Å²) in [5.41, 5.74) is -1.55. The van der Waals surface area contributed by atoms with Crippen LogP contribution in [0.3, 0.4) is 0 Å². The van der Waals surface area contributed by atoms with Gasteiger partial charge in [0.05, 0.1) is 5.56 Å². The Morgan fingerprint density at radius 1 is 1.31 bits per heavy atom. The highest BCUT2D eigenvalue weighted by Crippen LogP contribution is 2.45. The van der Waals surface area contributed by atoms with Gasteiger partial charge in [-0.3, -0.25) is 0 Å². The minimum absolute atomic E-state index is 0.190. The van der Waals surface area contributed by atoms with Crippen molar-refractivity contribution in [2.45, 2.75) is 32.1 Å². The van der Waals surface area contributed by atoms with Crippen LogP contribution >= 0.6 is 0 Å². The van der Waals surface area contributed by atoms with Gasteiger partial charge in [0.1, 0.15) is 5.67 Å². The van der Waals surface area contributed by atoms with Crippen LogP contribution < -0.4 is 0 Å². The second kappa shape index (κ2) is 3.22. The highest BCUT2D eigenvalue weighted by molar-refractivity contribution is 5.41. The number of alkyl halides is 4. The quantitative estimate of drug-likeness (QED) is 0.591. The molecule has 0 aliphatic heterocycles. The summed E-state index contributed by atoms with van der Waals surface area (Å²) in [6.45, 7) is 3.07. The van der Waals surface area contributed by atoms with Crippen molar-refractivity contribution in [2.75, 3.05) is 0 Å². The van der Waals surface area contributed by atoms with Gasteiger partial charge in [0.2, 0.25) is 0 Å². The average Bonchev–Trinajstić information content (AvgIpc) is 2.37. The standard InChI is InChI=1S/C12H12F4/c1-7-5-8-3-4-9(12(14,15)16)6-10(8)11(7,2)13/h3-4,6-7H,5H2,1-2H3. The van der Waals surface area contributed by atoms with E-state index in [0.29, 0.717) is 12.0 Å². The van der Waals surface area contributed by atoms with Gasteiger partial charge in [0.25, 0.3) is 0 Å². The van der Waals surface area contributed by atoms with E-state index in [1.165, 1.54) is 13.0 Å². The molecule has 16 heavy (non-hydrogen) atoms. The molecule has 0 bridgehead atoms. The molecule has 1 aromatic rings. The predicted octanol–water partition coefficient (Wildman–Crippen LogP) is 4.08. The molecular weight excluding hydrogens is 220 g/mol. The van der Waals surface area contributed by atoms with Crippen LogP contribution in [0.2, 0.25) is 0 Å². The van der Waals surface area contributed by atoms with Crippen LogP contribution in [0.4, 0.5) is 17.6 Å². The molecule has 0 saturated carbocycles. The Balaban J connectivity index is 2.53. The number of hydrogen-bond acceptors (Lipinski definition) is 0. The van der Waals surface area contributed by atoms with Crippen LogP contribution in [0.15, 0.2) is 18.2 Å². The molecule has 2 unspecified atom stereocenters. The summed E-state index contributed by atoms with van der Waals surface area (Å²) in [5, 5.41) is 0. The van der Waals surface area contributed by atoms with Crippen LogP contribution in [0.1, 0.15) is 30.5 Å². The molecule has 4 heteroatoms. The Hall–Kier alpha value is -1.06. The zero-order valence-electron chi connectivity index (χ0n) is 9.03. The van der Waals surface area contributed by atoms with Crippen molar-refractivity contribution in [3.63, 3.8) is 0 Å². The molecule has 0 nitrogen and oxygen atoms in total. The second-order valence-corrected chi connectivity index (χ2v) is 4.55. The number of fused-ring (bicyclic) bond motifs is 1. The predicted molar refractivity (Wildman–Crippen MR) is 52.8 cm³/mol. The topological polar surface area (TPSA) is 0 Å². The molecule has 0 fully saturated rings. The van der Waals surface area contributed by atoms with E-state index < -0.39 is 17.4 Å². The SMILES string of the molecule is CC1Cc2ccc(C(F)(F)F)cc2C1(C)F. The minimum Gasteiger partial charge on any atom is -0.239 e. The smallest absolute Gasteiger partial charge is 0.239 e. The molecule has 0 heterocycles. The highest BCUT2D eigenvalue weighted by atomic mass is 19.4. The molecule has 1 aliphatic rings. The first-order valence-electron chi connectivity index (χ1n) is 5.12. The third kappa shape index (κ3) is 1.60. The van der Waals surface area contributed by atoms with Crippen molar-refractivity contribution in [1.29, 1.82) is 0 Å². The van der Waals surface area contributed by atoms with Gasteiger partial charge in [0.15, 0.2) is 0 Å². The van der Waals surface area contributed by atoms with E-state index in [4.69, 9.17) is 0 Å². The lowest BCUT2D eigenvalue weighted by molar-refractivity contribution is -0.137. The van der Waals surface area contributed by atoms with Gasteiger partial charge in [-0.1, -0.05) is 13.0 Å². The summed E-state index contributed by atoms with van der Waals surface area (Å²) in [6.07, 6.45) is -3.91. The Morgan fingerprint density at radius 3 is 2.50 bits per heavy atom. The van der Waals surface area contributed by atoms with Crippen LogP contribution in [0, 0.1) is 5.92 Å². The summed E-state index contributed by atoms with van der Waals surface area (Å²) in [5.74, 6) is -0.272. The van der Waals surface area contributed by atoms with Crippen molar-refractivity contribution in [3.8, 4) is 0 Å². The molecule has 0 spiro atoms. The summed E-state index contributed by atoms with van der Waals surface area (Å²) in [4.78, 5) is 0. The van der Waals surface area contributed by atoms with Crippen molar-refractivity contribution in [1.82, 2.24) is 0 Å². The zero-order chi connectivity index (χ0) is 12.1. The minimum atomic E-state index is -4.41. The van der Waals surface area contributed by atoms with E-state index in [9.17, 15) is 17.6 Å². The lowest BCUT2D eigenvalue weighted by Gasteiger charge is -2.21. The molecule has 2 rings (SSSR count). The molecule has 88 valence electrons. The van der Waals surface area contributed by atoms with Gasteiger partial charge in [-0.05, 0) is 42.5 Å². The van der Waals surface area contributed by atoms with Gasteiger partial charge in [-0.15, -0.1) is 0 Å². The van der Waals surface area contributed by atoms with E-state index in [2.05, 4.69) is 0 Å². The number of rotatable bonds is 0. The molecule has 1 aliphatic carbocycles. The highest BCUT2D eigenvalue weighted by Gasteiger charge is 2.42. The van der Waals surface area contributed by atoms with Gasteiger partial charge in [0, 0.05) is 0 Å². The van der Waals surface area contributed by atoms with Crippen molar-refractivity contribution in [2.24, 2.45) is 5.92 Å². The zero-order valence-corrected chi connectivity index (χ0v) is 9.03. The lowest BCUT2D eigenvalue weighted by atomic mass is 9.92. The summed E-state index contributed by atoms with van der Waals surface area (Å²) < 4.78 is 51.6. The van der Waals surface area contributed by atoms with E-state index in [1.54, 1.807) is 6.92 Å². The average molecular weight is 232 g/mol. The van der Waals surface area contributed by atoms with Crippen LogP contribution in [-0.4, -0.2) is 0 Å². The first kappa shape index (κ1) is 11.4. The lowest BCUT2D eigenvalue weighted by Crippen LogP contribution is -2.20. The first-order chi connectivity index (χ1) is 7.23. The van der Waals surface area contributed by atoms with E-state index in [0.717, 1.165) is 12.1 Å². The summed E-state index contributed by atoms with van der Waals surface area (Å²) in [6, 6.07) is 3.35. The van der Waals surface area contributed by atoms with Crippen molar-refractivity contribution >= 4 is 0 Å². The van der Waals surface area contributed by atoms with Gasteiger partial charge < -0.3 is 0 Å². The van der Waals surface area contributed by atoms with E-state index >= 15 is 0 Å². The van der Waals surface area contributed by atoms with Crippen LogP contribution in [0.25, 0.3) is 0 Å². The van der Waals surface area contributed by atoms with Crippen molar-refractivity contribution in [3.05, 3.63) is 34.9 Å². The molecule has 0 saturated heterocycles. The molecule has 0 radical (unpaired) electrons. The Bertz CT molecular complexity index is 418. The monoisotopic (exact) mass is 232 g/mol. The Morgan fingerprint density at radius 2 is 1.94 bits per heavy atom. The fraction of sp³-hybridized carbons (Fsp3) is 0.500. The number of hydrogen-bond donors (Lipinski definition) is 0. The van der Waals surface area contributed by atoms with Gasteiger partial charge >= 0.3 is 6.18 Å². The second-order valence-electron chi connectivity index (χ2n) is 4.55. The molecule has 0 N–H and O–H groups in total. The van der Waals surface area contributed by atoms with Crippen LogP contribution in [0.5, 0.6) is 0 Å². The summed E-state index contributed by atoms with van der Waals surface area (Å²) in [7, 11) is 0. The third-order valence-corrected chi connectivity index (χ3v) is 3.42. The Labute approximate surface area is 91.3 Å². The fourth-order valence-electron chi connectivity index (χ4n) is 2.17. The maximum Gasteiger partial charge on any atom is 0.416 e. The molecule has 1 aromatic carbocycles. The molecule has 0 aromatic heterocycles. The van der Waals surface area contributed by atoms with Gasteiger partial charge in [-0.2, -0.15) is 13.2 Å². The van der Waals surface area contributed by atoms with Crippen molar-refractivity contribution < 1.29 is 17.6 Å². The van der Waals surface area contributed by atoms with E-state index in [-0.39, 0.29) is 11.5 Å². The number of halogens is 4. The van der Waals surface area contributed by atoms with Crippen LogP contribution in [-0.2, 0) is 18.3 Å². The molecular formula is C12H12F4. The third-order valence-electron chi connectivity index (χ3n) is 3.42. The molecule has 2 atom stereocenters. The fourth-order valence-corrected chi connectivity index (χ4v) is 2.17. The maximum absolute atomic E-state index is 14.2. The normalized spacial score (nSPS) is 29.2. The first-order valence-corrected chi connectivity index (χ1v) is 5.12. The molecule has 0 amide bonds. The largest absolute Gasteiger partial charge is 0.416 e.